The summed E-state index contributed by atoms with van der Waals surface area (Å²) in [6.45, 7) is 0.759. The molecule has 0 unspecified atom stereocenters. The SMILES string of the molecule is Cn1nc(S(=O)(=O)NC(=O)Nc2c3c(c(F)c4c2CCC4)CCC3)cc1CNCC1(O)CCC1. The van der Waals surface area contributed by atoms with Gasteiger partial charge in [-0.3, -0.25) is 4.68 Å². The van der Waals surface area contributed by atoms with Gasteiger partial charge in [0.1, 0.15) is 5.82 Å². The number of aliphatic hydroxyl groups is 1. The van der Waals surface area contributed by atoms with Gasteiger partial charge in [0.2, 0.25) is 0 Å². The van der Waals surface area contributed by atoms with Gasteiger partial charge in [-0.15, -0.1) is 0 Å². The van der Waals surface area contributed by atoms with Crippen molar-refractivity contribution in [2.45, 2.75) is 75.0 Å². The smallest absolute Gasteiger partial charge is 0.333 e. The van der Waals surface area contributed by atoms with Gasteiger partial charge in [-0.2, -0.15) is 13.5 Å². The van der Waals surface area contributed by atoms with Crippen molar-refractivity contribution in [2.24, 2.45) is 7.05 Å². The lowest BCUT2D eigenvalue weighted by atomic mass is 9.80. The zero-order chi connectivity index (χ0) is 24.1. The molecule has 5 rings (SSSR count). The molecule has 0 saturated heterocycles. The van der Waals surface area contributed by atoms with Crippen LogP contribution in [0.2, 0.25) is 0 Å². The average molecular weight is 492 g/mol. The first-order valence-electron chi connectivity index (χ1n) is 11.8. The lowest BCUT2D eigenvalue weighted by Crippen LogP contribution is -2.46. The number of halogens is 1. The van der Waals surface area contributed by atoms with E-state index in [4.69, 9.17) is 0 Å². The molecule has 9 nitrogen and oxygen atoms in total. The van der Waals surface area contributed by atoms with E-state index in [9.17, 15) is 22.7 Å². The Morgan fingerprint density at radius 3 is 2.32 bits per heavy atom. The normalized spacial score (nSPS) is 18.3. The molecule has 2 aromatic rings. The minimum Gasteiger partial charge on any atom is -0.389 e. The van der Waals surface area contributed by atoms with E-state index in [-0.39, 0.29) is 10.8 Å². The van der Waals surface area contributed by atoms with Gasteiger partial charge in [0, 0.05) is 31.9 Å². The van der Waals surface area contributed by atoms with Crippen molar-refractivity contribution in [2.75, 3.05) is 11.9 Å². The number of benzene rings is 1. The summed E-state index contributed by atoms with van der Waals surface area (Å²) < 4.78 is 44.0. The number of nitrogens with zero attached hydrogens (tertiary/aromatic N) is 2. The summed E-state index contributed by atoms with van der Waals surface area (Å²) in [5.41, 5.74) is 3.34. The Morgan fingerprint density at radius 2 is 1.74 bits per heavy atom. The zero-order valence-electron chi connectivity index (χ0n) is 19.2. The van der Waals surface area contributed by atoms with Crippen LogP contribution in [0.3, 0.4) is 0 Å². The molecular formula is C23H30FN5O4S. The second kappa shape index (κ2) is 8.62. The summed E-state index contributed by atoms with van der Waals surface area (Å²) in [6.07, 6.45) is 6.72. The highest BCUT2D eigenvalue weighted by atomic mass is 32.2. The third kappa shape index (κ3) is 4.20. The maximum atomic E-state index is 14.8. The zero-order valence-corrected chi connectivity index (χ0v) is 20.0. The van der Waals surface area contributed by atoms with Crippen molar-refractivity contribution >= 4 is 21.7 Å². The highest BCUT2D eigenvalue weighted by Gasteiger charge is 2.34. The van der Waals surface area contributed by atoms with E-state index >= 15 is 0 Å². The molecule has 2 amide bonds. The Kier molecular flexibility index (Phi) is 5.89. The van der Waals surface area contributed by atoms with Crippen molar-refractivity contribution < 1.29 is 22.7 Å². The molecule has 0 radical (unpaired) electrons. The molecular weight excluding hydrogens is 461 g/mol. The second-order valence-corrected chi connectivity index (χ2v) is 11.3. The largest absolute Gasteiger partial charge is 0.389 e. The van der Waals surface area contributed by atoms with Gasteiger partial charge >= 0.3 is 6.03 Å². The fraction of sp³-hybridized carbons (Fsp3) is 0.565. The van der Waals surface area contributed by atoms with Crippen molar-refractivity contribution in [3.8, 4) is 0 Å². The summed E-state index contributed by atoms with van der Waals surface area (Å²) >= 11 is 0. The maximum absolute atomic E-state index is 14.8. The minimum absolute atomic E-state index is 0.155. The van der Waals surface area contributed by atoms with Crippen LogP contribution in [0.5, 0.6) is 0 Å². The van der Waals surface area contributed by atoms with Gasteiger partial charge in [-0.05, 0) is 80.0 Å². The number of anilines is 1. The number of sulfonamides is 1. The summed E-state index contributed by atoms with van der Waals surface area (Å²) in [5, 5.41) is 19.8. The first-order chi connectivity index (χ1) is 16.2. The lowest BCUT2D eigenvalue weighted by Gasteiger charge is -2.36. The summed E-state index contributed by atoms with van der Waals surface area (Å²) in [7, 11) is -2.59. The molecule has 1 saturated carbocycles. The highest BCUT2D eigenvalue weighted by molar-refractivity contribution is 7.90. The number of aryl methyl sites for hydroxylation is 1. The van der Waals surface area contributed by atoms with Gasteiger partial charge in [-0.25, -0.2) is 13.9 Å². The number of fused-ring (bicyclic) bond motifs is 2. The number of aromatic nitrogens is 2. The summed E-state index contributed by atoms with van der Waals surface area (Å²) in [5.74, 6) is -0.155. The topological polar surface area (TPSA) is 125 Å². The Hall–Kier alpha value is -2.50. The molecule has 1 aromatic carbocycles. The molecule has 184 valence electrons. The number of carbonyl (C=O) groups excluding carboxylic acids is 1. The third-order valence-electron chi connectivity index (χ3n) is 7.31. The van der Waals surface area contributed by atoms with Crippen LogP contribution < -0.4 is 15.4 Å². The fourth-order valence-corrected chi connectivity index (χ4v) is 6.23. The number of amides is 2. The first kappa shape index (κ1) is 23.3. The Balaban J connectivity index is 1.28. The van der Waals surface area contributed by atoms with Gasteiger partial charge in [0.25, 0.3) is 10.0 Å². The first-order valence-corrected chi connectivity index (χ1v) is 13.3. The molecule has 0 spiro atoms. The van der Waals surface area contributed by atoms with E-state index in [0.717, 1.165) is 43.2 Å². The number of urea groups is 1. The van der Waals surface area contributed by atoms with Crippen molar-refractivity contribution in [1.82, 2.24) is 19.8 Å². The lowest BCUT2D eigenvalue weighted by molar-refractivity contribution is -0.0315. The van der Waals surface area contributed by atoms with E-state index in [1.165, 1.54) is 10.7 Å². The molecule has 3 aliphatic rings. The second-order valence-electron chi connectivity index (χ2n) is 9.65. The van der Waals surface area contributed by atoms with E-state index in [0.29, 0.717) is 61.3 Å². The van der Waals surface area contributed by atoms with Crippen molar-refractivity contribution in [3.05, 3.63) is 39.8 Å². The predicted octanol–water partition coefficient (Wildman–Crippen LogP) is 2.05. The molecule has 3 aliphatic carbocycles. The van der Waals surface area contributed by atoms with E-state index in [2.05, 4.69) is 15.7 Å². The van der Waals surface area contributed by atoms with Gasteiger partial charge in [-0.1, -0.05) is 0 Å². The quantitative estimate of drug-likeness (QED) is 0.470. The number of rotatable bonds is 7. The highest BCUT2D eigenvalue weighted by Crippen LogP contribution is 2.41. The monoisotopic (exact) mass is 491 g/mol. The van der Waals surface area contributed by atoms with Crippen molar-refractivity contribution in [1.29, 1.82) is 0 Å². The summed E-state index contributed by atoms with van der Waals surface area (Å²) in [4.78, 5) is 12.7. The van der Waals surface area contributed by atoms with Crippen LogP contribution in [0.25, 0.3) is 0 Å². The van der Waals surface area contributed by atoms with Crippen LogP contribution in [0.4, 0.5) is 14.9 Å². The van der Waals surface area contributed by atoms with E-state index in [1.54, 1.807) is 7.05 Å². The van der Waals surface area contributed by atoms with Crippen LogP contribution in [-0.4, -0.2) is 41.5 Å². The van der Waals surface area contributed by atoms with Crippen molar-refractivity contribution in [3.63, 3.8) is 0 Å². The van der Waals surface area contributed by atoms with Gasteiger partial charge in [0.15, 0.2) is 5.03 Å². The molecule has 1 fully saturated rings. The van der Waals surface area contributed by atoms with E-state index < -0.39 is 21.7 Å². The molecule has 34 heavy (non-hydrogen) atoms. The Bertz CT molecular complexity index is 1220. The van der Waals surface area contributed by atoms with Crippen LogP contribution in [-0.2, 0) is 49.3 Å². The Morgan fingerprint density at radius 1 is 1.12 bits per heavy atom. The van der Waals surface area contributed by atoms with Gasteiger partial charge < -0.3 is 15.7 Å². The van der Waals surface area contributed by atoms with Gasteiger partial charge in [0.05, 0.1) is 11.3 Å². The minimum atomic E-state index is -4.21. The maximum Gasteiger partial charge on any atom is 0.333 e. The fourth-order valence-electron chi connectivity index (χ4n) is 5.31. The molecule has 1 heterocycles. The van der Waals surface area contributed by atoms with Crippen LogP contribution in [0.1, 0.15) is 60.1 Å². The number of nitrogens with one attached hydrogen (secondary N) is 3. The molecule has 4 N–H and O–H groups in total. The van der Waals surface area contributed by atoms with E-state index in [1.807, 2.05) is 4.72 Å². The number of hydrogen-bond donors (Lipinski definition) is 4. The molecule has 11 heteroatoms. The average Bonchev–Trinajstić information content (AvgIpc) is 3.50. The molecule has 1 aromatic heterocycles. The van der Waals surface area contributed by atoms with Crippen LogP contribution in [0, 0.1) is 5.82 Å². The van der Waals surface area contributed by atoms with Crippen LogP contribution in [0.15, 0.2) is 11.1 Å². The standard InChI is InChI=1S/C23H30FN5O4S/c1-29-14(12-25-13-23(31)9-4-10-23)11-19(27-29)34(32,33)28-22(30)26-21-17-7-2-5-15(17)20(24)16-6-3-8-18(16)21/h11,25,31H,2-10,12-13H2,1H3,(H2,26,28,30). The number of hydrogen-bond acceptors (Lipinski definition) is 6. The number of carbonyl (C=O) groups is 1. The summed E-state index contributed by atoms with van der Waals surface area (Å²) in [6, 6.07) is 0.521. The third-order valence-corrected chi connectivity index (χ3v) is 8.51. The molecule has 0 bridgehead atoms. The molecule has 0 atom stereocenters. The Labute approximate surface area is 198 Å². The molecule has 0 aliphatic heterocycles. The predicted molar refractivity (Wildman–Crippen MR) is 124 cm³/mol. The van der Waals surface area contributed by atoms with Crippen LogP contribution >= 0.6 is 0 Å².